The normalized spacial score (nSPS) is 16.1. The second-order valence-corrected chi connectivity index (χ2v) is 6.29. The number of carbonyl (C=O) groups is 2. The van der Waals surface area contributed by atoms with Crippen molar-refractivity contribution in [2.24, 2.45) is 0 Å². The summed E-state index contributed by atoms with van der Waals surface area (Å²) in [5, 5.41) is 3.89. The summed E-state index contributed by atoms with van der Waals surface area (Å²) in [5.41, 5.74) is 0.922. The monoisotopic (exact) mass is 354 g/mol. The van der Waals surface area contributed by atoms with Crippen molar-refractivity contribution >= 4 is 11.7 Å². The van der Waals surface area contributed by atoms with Gasteiger partial charge in [0.25, 0.3) is 5.91 Å². The van der Waals surface area contributed by atoms with Crippen LogP contribution in [-0.2, 0) is 6.61 Å². The van der Waals surface area contributed by atoms with Gasteiger partial charge in [-0.05, 0) is 37.6 Å². The maximum atomic E-state index is 12.6. The molecule has 0 spiro atoms. The van der Waals surface area contributed by atoms with Crippen molar-refractivity contribution < 1.29 is 18.8 Å². The van der Waals surface area contributed by atoms with Crippen LogP contribution >= 0.6 is 0 Å². The van der Waals surface area contributed by atoms with E-state index in [4.69, 9.17) is 9.26 Å². The summed E-state index contributed by atoms with van der Waals surface area (Å²) in [6.07, 6.45) is 6.02. The summed E-state index contributed by atoms with van der Waals surface area (Å²) in [4.78, 5) is 25.7. The molecule has 136 valence electrons. The number of hydrogen-bond acceptors (Lipinski definition) is 5. The summed E-state index contributed by atoms with van der Waals surface area (Å²) in [5.74, 6) is 0.969. The van der Waals surface area contributed by atoms with Gasteiger partial charge in [0, 0.05) is 18.2 Å². The van der Waals surface area contributed by atoms with E-state index in [1.54, 1.807) is 35.2 Å². The van der Waals surface area contributed by atoms with E-state index in [1.165, 1.54) is 6.92 Å². The van der Waals surface area contributed by atoms with Crippen molar-refractivity contribution in [3.05, 3.63) is 59.5 Å². The van der Waals surface area contributed by atoms with E-state index in [-0.39, 0.29) is 24.3 Å². The third kappa shape index (κ3) is 4.02. The number of ether oxygens (including phenoxy) is 1. The minimum Gasteiger partial charge on any atom is -0.486 e. The molecule has 1 aromatic carbocycles. The summed E-state index contributed by atoms with van der Waals surface area (Å²) in [6, 6.07) is 8.62. The molecule has 1 aliphatic rings. The van der Waals surface area contributed by atoms with Crippen LogP contribution in [0, 0.1) is 0 Å². The van der Waals surface area contributed by atoms with Crippen LogP contribution in [0.2, 0.25) is 0 Å². The standard InChI is InChI=1S/C20H22N2O4/c1-3-5-16-6-4-11-22(16)20(24)19-12-18(26-21-19)13-25-17-9-7-15(8-10-17)14(2)23/h4,6-10,12,16H,3,5,11,13H2,1-2H3/t16-/m0/s1. The lowest BCUT2D eigenvalue weighted by atomic mass is 10.1. The molecular weight excluding hydrogens is 332 g/mol. The van der Waals surface area contributed by atoms with Crippen molar-refractivity contribution in [1.29, 1.82) is 0 Å². The maximum Gasteiger partial charge on any atom is 0.276 e. The highest BCUT2D eigenvalue weighted by atomic mass is 16.5. The molecule has 0 fully saturated rings. The molecule has 0 saturated heterocycles. The number of hydrogen-bond donors (Lipinski definition) is 0. The molecule has 2 aromatic rings. The van der Waals surface area contributed by atoms with Crippen LogP contribution < -0.4 is 4.74 Å². The highest BCUT2D eigenvalue weighted by molar-refractivity contribution is 5.94. The van der Waals surface area contributed by atoms with E-state index in [1.807, 2.05) is 6.08 Å². The third-order valence-electron chi connectivity index (χ3n) is 4.33. The Kier molecular flexibility index (Phi) is 5.51. The molecule has 0 N–H and O–H groups in total. The highest BCUT2D eigenvalue weighted by Crippen LogP contribution is 2.19. The van der Waals surface area contributed by atoms with Crippen molar-refractivity contribution in [2.75, 3.05) is 6.54 Å². The van der Waals surface area contributed by atoms with E-state index < -0.39 is 0 Å². The average Bonchev–Trinajstić information content (AvgIpc) is 3.29. The van der Waals surface area contributed by atoms with Crippen LogP contribution in [0.15, 0.2) is 47.0 Å². The first-order valence-corrected chi connectivity index (χ1v) is 8.75. The molecule has 3 rings (SSSR count). The second kappa shape index (κ2) is 7.99. The van der Waals surface area contributed by atoms with E-state index in [0.717, 1.165) is 12.8 Å². The van der Waals surface area contributed by atoms with Crippen molar-refractivity contribution in [1.82, 2.24) is 10.1 Å². The van der Waals surface area contributed by atoms with Crippen molar-refractivity contribution in [2.45, 2.75) is 39.3 Å². The van der Waals surface area contributed by atoms with E-state index in [9.17, 15) is 9.59 Å². The van der Waals surface area contributed by atoms with Gasteiger partial charge in [0.05, 0.1) is 6.04 Å². The number of nitrogens with zero attached hydrogens (tertiary/aromatic N) is 2. The molecule has 26 heavy (non-hydrogen) atoms. The van der Waals surface area contributed by atoms with Gasteiger partial charge >= 0.3 is 0 Å². The number of aromatic nitrogens is 1. The average molecular weight is 354 g/mol. The van der Waals surface area contributed by atoms with Gasteiger partial charge < -0.3 is 14.2 Å². The molecule has 6 heteroatoms. The Balaban J connectivity index is 1.59. The second-order valence-electron chi connectivity index (χ2n) is 6.29. The molecule has 0 radical (unpaired) electrons. The number of amides is 1. The van der Waals surface area contributed by atoms with Gasteiger partial charge in [-0.15, -0.1) is 0 Å². The lowest BCUT2D eigenvalue weighted by Crippen LogP contribution is -2.36. The van der Waals surface area contributed by atoms with Gasteiger partial charge in [0.1, 0.15) is 12.4 Å². The molecule has 0 unspecified atom stereocenters. The van der Waals surface area contributed by atoms with E-state index in [0.29, 0.717) is 29.3 Å². The minimum absolute atomic E-state index is 0.00715. The Hall–Kier alpha value is -2.89. The third-order valence-corrected chi connectivity index (χ3v) is 4.33. The number of carbonyl (C=O) groups excluding carboxylic acids is 2. The molecular formula is C20H22N2O4. The maximum absolute atomic E-state index is 12.6. The molecule has 1 aliphatic heterocycles. The SMILES string of the molecule is CCC[C@H]1C=CCN1C(=O)c1cc(COc2ccc(C(C)=O)cc2)on1. The Morgan fingerprint density at radius 2 is 2.08 bits per heavy atom. The lowest BCUT2D eigenvalue weighted by Gasteiger charge is -2.23. The highest BCUT2D eigenvalue weighted by Gasteiger charge is 2.27. The Morgan fingerprint density at radius 3 is 2.77 bits per heavy atom. The van der Waals surface area contributed by atoms with E-state index >= 15 is 0 Å². The number of ketones is 1. The molecule has 0 aliphatic carbocycles. The number of Topliss-reactive ketones (excluding diaryl/α,β-unsaturated/α-hetero) is 1. The zero-order valence-electron chi connectivity index (χ0n) is 15.0. The first kappa shape index (κ1) is 17.9. The summed E-state index contributed by atoms with van der Waals surface area (Å²) in [7, 11) is 0. The molecule has 0 saturated carbocycles. The fourth-order valence-electron chi connectivity index (χ4n) is 2.92. The van der Waals surface area contributed by atoms with Crippen LogP contribution in [0.5, 0.6) is 5.75 Å². The first-order valence-electron chi connectivity index (χ1n) is 8.75. The van der Waals surface area contributed by atoms with Crippen LogP contribution in [0.3, 0.4) is 0 Å². The lowest BCUT2D eigenvalue weighted by molar-refractivity contribution is 0.0733. The van der Waals surface area contributed by atoms with Crippen LogP contribution in [0.25, 0.3) is 0 Å². The molecule has 1 aromatic heterocycles. The molecule has 0 bridgehead atoms. The Labute approximate surface area is 152 Å². The molecule has 2 heterocycles. The van der Waals surface area contributed by atoms with Gasteiger partial charge in [-0.25, -0.2) is 0 Å². The Bertz CT molecular complexity index is 807. The van der Waals surface area contributed by atoms with Gasteiger partial charge in [-0.2, -0.15) is 0 Å². The smallest absolute Gasteiger partial charge is 0.276 e. The van der Waals surface area contributed by atoms with Gasteiger partial charge in [0.2, 0.25) is 0 Å². The first-order chi connectivity index (χ1) is 12.6. The predicted molar refractivity (Wildman–Crippen MR) is 96.2 cm³/mol. The fourth-order valence-corrected chi connectivity index (χ4v) is 2.92. The molecule has 1 amide bonds. The molecule has 6 nitrogen and oxygen atoms in total. The summed E-state index contributed by atoms with van der Waals surface area (Å²) in [6.45, 7) is 4.38. The fraction of sp³-hybridized carbons (Fsp3) is 0.350. The molecule has 1 atom stereocenters. The zero-order chi connectivity index (χ0) is 18.5. The van der Waals surface area contributed by atoms with Crippen LogP contribution in [-0.4, -0.2) is 34.3 Å². The minimum atomic E-state index is -0.130. The topological polar surface area (TPSA) is 72.6 Å². The summed E-state index contributed by atoms with van der Waals surface area (Å²) >= 11 is 0. The number of benzene rings is 1. The van der Waals surface area contributed by atoms with Crippen molar-refractivity contribution in [3.8, 4) is 5.75 Å². The largest absolute Gasteiger partial charge is 0.486 e. The zero-order valence-corrected chi connectivity index (χ0v) is 15.0. The number of rotatable bonds is 7. The van der Waals surface area contributed by atoms with Crippen molar-refractivity contribution in [3.63, 3.8) is 0 Å². The van der Waals surface area contributed by atoms with E-state index in [2.05, 4.69) is 18.2 Å². The quantitative estimate of drug-likeness (QED) is 0.561. The van der Waals surface area contributed by atoms with Gasteiger partial charge in [-0.1, -0.05) is 30.7 Å². The van der Waals surface area contributed by atoms with Crippen LogP contribution in [0.4, 0.5) is 0 Å². The predicted octanol–water partition coefficient (Wildman–Crippen LogP) is 3.64. The van der Waals surface area contributed by atoms with Crippen LogP contribution in [0.1, 0.15) is 53.3 Å². The Morgan fingerprint density at radius 1 is 1.31 bits per heavy atom. The van der Waals surface area contributed by atoms with Gasteiger partial charge in [0.15, 0.2) is 17.2 Å². The van der Waals surface area contributed by atoms with Gasteiger partial charge in [-0.3, -0.25) is 9.59 Å². The summed E-state index contributed by atoms with van der Waals surface area (Å²) < 4.78 is 10.8.